The molecule has 1 aliphatic heterocycles. The Morgan fingerprint density at radius 2 is 2.60 bits per heavy atom. The zero-order chi connectivity index (χ0) is 10.8. The fourth-order valence-electron chi connectivity index (χ4n) is 1.44. The van der Waals surface area contributed by atoms with Crippen LogP contribution in [0.4, 0.5) is 5.69 Å². The summed E-state index contributed by atoms with van der Waals surface area (Å²) in [6.45, 7) is 1.11. The van der Waals surface area contributed by atoms with Gasteiger partial charge in [0, 0.05) is 13.5 Å². The lowest BCUT2D eigenvalue weighted by Crippen LogP contribution is -2.18. The van der Waals surface area contributed by atoms with Crippen molar-refractivity contribution in [1.82, 2.24) is 9.78 Å². The average Bonchev–Trinajstić information content (AvgIpc) is 2.78. The Balaban J connectivity index is 2.18. The van der Waals surface area contributed by atoms with Crippen LogP contribution in [0.5, 0.6) is 5.88 Å². The topological polar surface area (TPSA) is 79.4 Å². The van der Waals surface area contributed by atoms with Gasteiger partial charge < -0.3 is 9.47 Å². The van der Waals surface area contributed by atoms with Gasteiger partial charge >= 0.3 is 5.69 Å². The minimum Gasteiger partial charge on any atom is -0.467 e. The monoisotopic (exact) mass is 213 g/mol. The Kier molecular flexibility index (Phi) is 2.55. The first kappa shape index (κ1) is 9.91. The van der Waals surface area contributed by atoms with Crippen LogP contribution in [0.15, 0.2) is 6.20 Å². The molecule has 1 aliphatic rings. The summed E-state index contributed by atoms with van der Waals surface area (Å²) in [6.07, 6.45) is 1.83. The van der Waals surface area contributed by atoms with Crippen LogP contribution < -0.4 is 4.74 Å². The van der Waals surface area contributed by atoms with Gasteiger partial charge in [0.15, 0.2) is 0 Å². The summed E-state index contributed by atoms with van der Waals surface area (Å²) in [7, 11) is 1.61. The number of hydrogen-bond acceptors (Lipinski definition) is 5. The van der Waals surface area contributed by atoms with E-state index in [0.717, 1.165) is 6.42 Å². The maximum Gasteiger partial charge on any atom is 0.350 e. The van der Waals surface area contributed by atoms with Gasteiger partial charge in [-0.15, -0.1) is 0 Å². The molecule has 82 valence electrons. The summed E-state index contributed by atoms with van der Waals surface area (Å²) in [5, 5.41) is 14.4. The van der Waals surface area contributed by atoms with Crippen molar-refractivity contribution in [3.63, 3.8) is 0 Å². The highest BCUT2D eigenvalue weighted by Gasteiger charge is 2.26. The van der Waals surface area contributed by atoms with E-state index in [1.54, 1.807) is 7.05 Å². The van der Waals surface area contributed by atoms with Crippen molar-refractivity contribution < 1.29 is 14.4 Å². The predicted molar refractivity (Wildman–Crippen MR) is 49.7 cm³/mol. The third-order valence-electron chi connectivity index (χ3n) is 2.23. The fraction of sp³-hybridized carbons (Fsp3) is 0.625. The number of ether oxygens (including phenoxy) is 2. The van der Waals surface area contributed by atoms with Gasteiger partial charge in [-0.05, 0) is 0 Å². The number of hydrogen-bond donors (Lipinski definition) is 0. The molecule has 1 fully saturated rings. The standard InChI is InChI=1S/C8H11N3O4/c1-10-8(7(4-9-10)11(12)13)15-6-2-3-14-5-6/h4,6H,2-3,5H2,1H3/t6-/m1/s1. The van der Waals surface area contributed by atoms with Crippen molar-refractivity contribution >= 4 is 5.69 Å². The third kappa shape index (κ3) is 1.91. The average molecular weight is 213 g/mol. The van der Waals surface area contributed by atoms with E-state index in [9.17, 15) is 10.1 Å². The molecule has 0 saturated carbocycles. The zero-order valence-electron chi connectivity index (χ0n) is 8.25. The molecule has 1 aromatic heterocycles. The maximum absolute atomic E-state index is 10.6. The molecule has 0 amide bonds. The number of nitrogens with zero attached hydrogens (tertiary/aromatic N) is 3. The van der Waals surface area contributed by atoms with Crippen molar-refractivity contribution in [3.8, 4) is 5.88 Å². The molecule has 0 aliphatic carbocycles. The van der Waals surface area contributed by atoms with Gasteiger partial charge in [0.05, 0.1) is 18.1 Å². The quantitative estimate of drug-likeness (QED) is 0.539. The lowest BCUT2D eigenvalue weighted by atomic mass is 10.3. The summed E-state index contributed by atoms with van der Waals surface area (Å²) in [5.41, 5.74) is -0.107. The molecule has 1 atom stereocenters. The number of rotatable bonds is 3. The van der Waals surface area contributed by atoms with Crippen LogP contribution in [0.2, 0.25) is 0 Å². The van der Waals surface area contributed by atoms with Gasteiger partial charge in [0.25, 0.3) is 5.88 Å². The molecule has 0 spiro atoms. The van der Waals surface area contributed by atoms with Gasteiger partial charge in [-0.3, -0.25) is 10.1 Å². The molecule has 15 heavy (non-hydrogen) atoms. The van der Waals surface area contributed by atoms with E-state index in [-0.39, 0.29) is 17.7 Å². The first-order chi connectivity index (χ1) is 7.18. The Morgan fingerprint density at radius 1 is 1.80 bits per heavy atom. The second-order valence-electron chi connectivity index (χ2n) is 3.32. The van der Waals surface area contributed by atoms with Crippen LogP contribution >= 0.6 is 0 Å². The molecule has 2 rings (SSSR count). The Morgan fingerprint density at radius 3 is 3.20 bits per heavy atom. The fourth-order valence-corrected chi connectivity index (χ4v) is 1.44. The van der Waals surface area contributed by atoms with E-state index < -0.39 is 4.92 Å². The highest BCUT2D eigenvalue weighted by Crippen LogP contribution is 2.27. The Hall–Kier alpha value is -1.63. The normalized spacial score (nSPS) is 20.5. The van der Waals surface area contributed by atoms with Crippen molar-refractivity contribution in [2.24, 2.45) is 7.05 Å². The Bertz CT molecular complexity index is 370. The second-order valence-corrected chi connectivity index (χ2v) is 3.32. The predicted octanol–water partition coefficient (Wildman–Crippen LogP) is 0.496. The summed E-state index contributed by atoms with van der Waals surface area (Å²) in [4.78, 5) is 10.1. The molecule has 0 bridgehead atoms. The lowest BCUT2D eigenvalue weighted by Gasteiger charge is -2.10. The number of nitro groups is 1. The van der Waals surface area contributed by atoms with E-state index >= 15 is 0 Å². The molecular weight excluding hydrogens is 202 g/mol. The highest BCUT2D eigenvalue weighted by molar-refractivity contribution is 5.39. The molecule has 7 heteroatoms. The molecule has 1 saturated heterocycles. The molecule has 0 radical (unpaired) electrons. The third-order valence-corrected chi connectivity index (χ3v) is 2.23. The second kappa shape index (κ2) is 3.85. The van der Waals surface area contributed by atoms with Crippen LogP contribution in [0.1, 0.15) is 6.42 Å². The molecular formula is C8H11N3O4. The molecule has 0 aromatic carbocycles. The minimum absolute atomic E-state index is 0.107. The number of aryl methyl sites for hydroxylation is 1. The Labute approximate surface area is 85.7 Å². The van der Waals surface area contributed by atoms with Gasteiger partial charge in [0.1, 0.15) is 12.3 Å². The minimum atomic E-state index is -0.502. The summed E-state index contributed by atoms with van der Waals surface area (Å²) in [5.74, 6) is 0.190. The summed E-state index contributed by atoms with van der Waals surface area (Å²) in [6, 6.07) is 0. The van der Waals surface area contributed by atoms with Crippen molar-refractivity contribution in [3.05, 3.63) is 16.3 Å². The summed E-state index contributed by atoms with van der Waals surface area (Å²) >= 11 is 0. The van der Waals surface area contributed by atoms with Crippen LogP contribution in [-0.4, -0.2) is 34.0 Å². The van der Waals surface area contributed by atoms with Gasteiger partial charge in [-0.25, -0.2) is 4.68 Å². The van der Waals surface area contributed by atoms with Gasteiger partial charge in [0.2, 0.25) is 0 Å². The van der Waals surface area contributed by atoms with E-state index in [1.807, 2.05) is 0 Å². The van der Waals surface area contributed by atoms with Crippen LogP contribution in [-0.2, 0) is 11.8 Å². The first-order valence-corrected chi connectivity index (χ1v) is 4.59. The highest BCUT2D eigenvalue weighted by atomic mass is 16.6. The smallest absolute Gasteiger partial charge is 0.350 e. The first-order valence-electron chi connectivity index (χ1n) is 4.59. The van der Waals surface area contributed by atoms with Gasteiger partial charge in [-0.2, -0.15) is 5.10 Å². The van der Waals surface area contributed by atoms with Crippen molar-refractivity contribution in [1.29, 1.82) is 0 Å². The molecule has 2 heterocycles. The molecule has 7 nitrogen and oxygen atoms in total. The maximum atomic E-state index is 10.6. The summed E-state index contributed by atoms with van der Waals surface area (Å²) < 4.78 is 12.0. The largest absolute Gasteiger partial charge is 0.467 e. The number of aromatic nitrogens is 2. The van der Waals surface area contributed by atoms with E-state index in [0.29, 0.717) is 13.2 Å². The van der Waals surface area contributed by atoms with Crippen LogP contribution in [0.25, 0.3) is 0 Å². The van der Waals surface area contributed by atoms with E-state index in [1.165, 1.54) is 10.9 Å². The van der Waals surface area contributed by atoms with Crippen molar-refractivity contribution in [2.45, 2.75) is 12.5 Å². The molecule has 0 N–H and O–H groups in total. The van der Waals surface area contributed by atoms with Gasteiger partial charge in [-0.1, -0.05) is 0 Å². The SMILES string of the molecule is Cn1ncc([N+](=O)[O-])c1O[C@@H]1CCOC1. The molecule has 1 aromatic rings. The van der Waals surface area contributed by atoms with Crippen molar-refractivity contribution in [2.75, 3.05) is 13.2 Å². The molecule has 0 unspecified atom stereocenters. The van der Waals surface area contributed by atoms with Crippen LogP contribution in [0, 0.1) is 10.1 Å². The van der Waals surface area contributed by atoms with E-state index in [2.05, 4.69) is 5.10 Å². The zero-order valence-corrected chi connectivity index (χ0v) is 8.25. The van der Waals surface area contributed by atoms with Crippen LogP contribution in [0.3, 0.4) is 0 Å². The van der Waals surface area contributed by atoms with E-state index in [4.69, 9.17) is 9.47 Å². The lowest BCUT2D eigenvalue weighted by molar-refractivity contribution is -0.386.